The Morgan fingerprint density at radius 1 is 1.00 bits per heavy atom. The van der Waals surface area contributed by atoms with E-state index in [1.807, 2.05) is 0 Å². The van der Waals surface area contributed by atoms with Gasteiger partial charge in [0.15, 0.2) is 0 Å². The molecule has 0 nitrogen and oxygen atoms in total. The van der Waals surface area contributed by atoms with E-state index in [1.54, 1.807) is 0 Å². The van der Waals surface area contributed by atoms with Crippen LogP contribution in [0.5, 0.6) is 0 Å². The van der Waals surface area contributed by atoms with E-state index in [0.717, 1.165) is 11.1 Å². The Hall–Kier alpha value is 0.217. The third kappa shape index (κ3) is 1.07. The molecule has 0 spiro atoms. The Balaban J connectivity index is 2.66. The summed E-state index contributed by atoms with van der Waals surface area (Å²) < 4.78 is 0. The molecule has 1 rings (SSSR count). The fourth-order valence-electron chi connectivity index (χ4n) is 1.73. The second kappa shape index (κ2) is 2.12. The molecule has 0 N–H and O–H groups in total. The minimum atomic E-state index is -0.747. The summed E-state index contributed by atoms with van der Waals surface area (Å²) in [6, 6.07) is 0. The summed E-state index contributed by atoms with van der Waals surface area (Å²) in [7, 11) is -0.747. The van der Waals surface area contributed by atoms with Crippen molar-refractivity contribution in [2.24, 2.45) is 0 Å². The largest absolute Gasteiger partial charge is 0.0690 e. The zero-order valence-electron chi connectivity index (χ0n) is 7.07. The topological polar surface area (TPSA) is 0 Å². The Labute approximate surface area is 59.7 Å². The van der Waals surface area contributed by atoms with E-state index in [-0.39, 0.29) is 0 Å². The van der Waals surface area contributed by atoms with Crippen LogP contribution in [-0.2, 0) is 0 Å². The van der Waals surface area contributed by atoms with Crippen LogP contribution >= 0.6 is 0 Å². The van der Waals surface area contributed by atoms with E-state index in [1.165, 1.54) is 12.8 Å². The van der Waals surface area contributed by atoms with Gasteiger partial charge in [-0.25, -0.2) is 0 Å². The highest BCUT2D eigenvalue weighted by molar-refractivity contribution is 6.80. The highest BCUT2D eigenvalue weighted by Gasteiger charge is 2.39. The molecule has 1 saturated heterocycles. The van der Waals surface area contributed by atoms with Crippen LogP contribution in [-0.4, -0.2) is 8.07 Å². The van der Waals surface area contributed by atoms with Crippen LogP contribution in [0.4, 0.5) is 0 Å². The molecule has 2 atom stereocenters. The lowest BCUT2D eigenvalue weighted by Crippen LogP contribution is -2.29. The summed E-state index contributed by atoms with van der Waals surface area (Å²) in [4.78, 5) is 0. The molecule has 0 amide bonds. The SMILES string of the molecule is CC1CCC(C)[Si]1(C)C. The lowest BCUT2D eigenvalue weighted by Gasteiger charge is -2.25. The molecule has 0 aromatic rings. The van der Waals surface area contributed by atoms with Gasteiger partial charge in [-0.05, 0) is 11.1 Å². The smallest absolute Gasteiger partial charge is 0.0530 e. The van der Waals surface area contributed by atoms with E-state index in [4.69, 9.17) is 0 Å². The molecule has 9 heavy (non-hydrogen) atoms. The van der Waals surface area contributed by atoms with E-state index in [9.17, 15) is 0 Å². The lowest BCUT2D eigenvalue weighted by atomic mass is 10.2. The van der Waals surface area contributed by atoms with Crippen molar-refractivity contribution in [3.8, 4) is 0 Å². The molecule has 0 saturated carbocycles. The predicted molar refractivity (Wildman–Crippen MR) is 45.6 cm³/mol. The van der Waals surface area contributed by atoms with Gasteiger partial charge >= 0.3 is 0 Å². The van der Waals surface area contributed by atoms with E-state index >= 15 is 0 Å². The van der Waals surface area contributed by atoms with Gasteiger partial charge in [-0.3, -0.25) is 0 Å². The number of rotatable bonds is 0. The number of hydrogen-bond acceptors (Lipinski definition) is 0. The first kappa shape index (κ1) is 7.33. The van der Waals surface area contributed by atoms with Crippen LogP contribution in [0.25, 0.3) is 0 Å². The normalized spacial score (nSPS) is 41.3. The van der Waals surface area contributed by atoms with Gasteiger partial charge in [0.1, 0.15) is 0 Å². The van der Waals surface area contributed by atoms with Crippen LogP contribution in [0.3, 0.4) is 0 Å². The minimum Gasteiger partial charge on any atom is -0.0690 e. The molecule has 0 radical (unpaired) electrons. The van der Waals surface area contributed by atoms with Crippen LogP contribution in [0, 0.1) is 0 Å². The molecule has 1 aliphatic rings. The minimum absolute atomic E-state index is 0.747. The Morgan fingerprint density at radius 2 is 1.33 bits per heavy atom. The molecular weight excluding hydrogens is 124 g/mol. The average Bonchev–Trinajstić information content (AvgIpc) is 1.96. The maximum Gasteiger partial charge on any atom is 0.0530 e. The molecule has 0 aromatic heterocycles. The van der Waals surface area contributed by atoms with Crippen molar-refractivity contribution in [2.45, 2.75) is 50.9 Å². The highest BCUT2D eigenvalue weighted by atomic mass is 28.3. The van der Waals surface area contributed by atoms with Gasteiger partial charge in [0.25, 0.3) is 0 Å². The Bertz CT molecular complexity index is 95.1. The highest BCUT2D eigenvalue weighted by Crippen LogP contribution is 2.45. The molecule has 0 bridgehead atoms. The van der Waals surface area contributed by atoms with Crippen LogP contribution < -0.4 is 0 Å². The van der Waals surface area contributed by atoms with Crippen molar-refractivity contribution in [3.05, 3.63) is 0 Å². The molecule has 0 aromatic carbocycles. The second-order valence-electron chi connectivity index (χ2n) is 4.20. The quantitative estimate of drug-likeness (QED) is 0.455. The fourth-order valence-corrected chi connectivity index (χ4v) is 4.52. The van der Waals surface area contributed by atoms with Gasteiger partial charge in [0, 0.05) is 0 Å². The van der Waals surface area contributed by atoms with Crippen LogP contribution in [0.15, 0.2) is 0 Å². The molecule has 1 fully saturated rings. The maximum absolute atomic E-state index is 2.54. The average molecular weight is 142 g/mol. The van der Waals surface area contributed by atoms with Crippen molar-refractivity contribution >= 4 is 8.07 Å². The van der Waals surface area contributed by atoms with Crippen molar-refractivity contribution in [3.63, 3.8) is 0 Å². The third-order valence-corrected chi connectivity index (χ3v) is 9.23. The third-order valence-electron chi connectivity index (χ3n) is 3.57. The summed E-state index contributed by atoms with van der Waals surface area (Å²) in [5.41, 5.74) is 2.15. The first-order valence-electron chi connectivity index (χ1n) is 4.05. The standard InChI is InChI=1S/C8H18Si/c1-7-5-6-8(2)9(7,3)4/h7-8H,5-6H2,1-4H3. The van der Waals surface area contributed by atoms with Crippen molar-refractivity contribution in [2.75, 3.05) is 0 Å². The van der Waals surface area contributed by atoms with E-state index < -0.39 is 8.07 Å². The van der Waals surface area contributed by atoms with Gasteiger partial charge in [0.2, 0.25) is 0 Å². The molecule has 1 aliphatic heterocycles. The van der Waals surface area contributed by atoms with E-state index in [0.29, 0.717) is 0 Å². The molecule has 54 valence electrons. The summed E-state index contributed by atoms with van der Waals surface area (Å²) >= 11 is 0. The molecular formula is C8H18Si. The van der Waals surface area contributed by atoms with Gasteiger partial charge in [0.05, 0.1) is 8.07 Å². The lowest BCUT2D eigenvalue weighted by molar-refractivity contribution is 0.765. The summed E-state index contributed by atoms with van der Waals surface area (Å²) in [5.74, 6) is 0. The Morgan fingerprint density at radius 3 is 1.44 bits per heavy atom. The molecule has 1 heterocycles. The molecule has 1 heteroatoms. The summed E-state index contributed by atoms with van der Waals surface area (Å²) in [5, 5.41) is 0. The first-order valence-corrected chi connectivity index (χ1v) is 7.20. The van der Waals surface area contributed by atoms with Gasteiger partial charge in [-0.1, -0.05) is 39.8 Å². The van der Waals surface area contributed by atoms with E-state index in [2.05, 4.69) is 26.9 Å². The van der Waals surface area contributed by atoms with Gasteiger partial charge in [-0.2, -0.15) is 0 Å². The monoisotopic (exact) mass is 142 g/mol. The molecule has 0 aliphatic carbocycles. The predicted octanol–water partition coefficient (Wildman–Crippen LogP) is 3.27. The van der Waals surface area contributed by atoms with Crippen molar-refractivity contribution in [1.29, 1.82) is 0 Å². The second-order valence-corrected chi connectivity index (χ2v) is 9.81. The maximum atomic E-state index is 2.54. The Kier molecular flexibility index (Phi) is 1.72. The molecule has 2 unspecified atom stereocenters. The van der Waals surface area contributed by atoms with Crippen molar-refractivity contribution < 1.29 is 0 Å². The fraction of sp³-hybridized carbons (Fsp3) is 1.00. The van der Waals surface area contributed by atoms with Crippen LogP contribution in [0.2, 0.25) is 24.2 Å². The van der Waals surface area contributed by atoms with Crippen LogP contribution in [0.1, 0.15) is 26.7 Å². The van der Waals surface area contributed by atoms with Crippen molar-refractivity contribution in [1.82, 2.24) is 0 Å². The zero-order valence-corrected chi connectivity index (χ0v) is 8.07. The summed E-state index contributed by atoms with van der Waals surface area (Å²) in [6.07, 6.45) is 3.00. The summed E-state index contributed by atoms with van der Waals surface area (Å²) in [6.45, 7) is 9.95. The zero-order chi connectivity index (χ0) is 7.07. The van der Waals surface area contributed by atoms with Gasteiger partial charge < -0.3 is 0 Å². The van der Waals surface area contributed by atoms with Gasteiger partial charge in [-0.15, -0.1) is 0 Å². The number of hydrogen-bond donors (Lipinski definition) is 0. The first-order chi connectivity index (χ1) is 4.05.